The Bertz CT molecular complexity index is 625. The molecule has 1 aromatic carbocycles. The second-order valence-electron chi connectivity index (χ2n) is 6.33. The molecule has 24 heavy (non-hydrogen) atoms. The third-order valence-corrected chi connectivity index (χ3v) is 3.55. The van der Waals surface area contributed by atoms with Crippen LogP contribution in [0.4, 0.5) is 18.9 Å². The topological polar surface area (TPSA) is 49.4 Å². The molecule has 134 valence electrons. The van der Waals surface area contributed by atoms with E-state index < -0.39 is 23.2 Å². The van der Waals surface area contributed by atoms with Crippen molar-refractivity contribution in [1.82, 2.24) is 4.90 Å². The molecule has 0 saturated carbocycles. The Labute approximate surface area is 144 Å². The molecule has 0 aliphatic carbocycles. The predicted octanol–water partition coefficient (Wildman–Crippen LogP) is 4.33. The summed E-state index contributed by atoms with van der Waals surface area (Å²) < 4.78 is 39.0. The summed E-state index contributed by atoms with van der Waals surface area (Å²) in [6, 6.07) is 3.13. The van der Waals surface area contributed by atoms with Gasteiger partial charge in [-0.25, -0.2) is 0 Å². The first-order valence-electron chi connectivity index (χ1n) is 7.27. The summed E-state index contributed by atoms with van der Waals surface area (Å²) in [5, 5.41) is 2.16. The van der Waals surface area contributed by atoms with Gasteiger partial charge in [0, 0.05) is 30.5 Å². The normalized spacial score (nSPS) is 12.0. The van der Waals surface area contributed by atoms with Crippen LogP contribution in [0.25, 0.3) is 0 Å². The summed E-state index contributed by atoms with van der Waals surface area (Å²) in [4.78, 5) is 25.1. The van der Waals surface area contributed by atoms with Crippen molar-refractivity contribution in [3.8, 4) is 0 Å². The van der Waals surface area contributed by atoms with Gasteiger partial charge in [0.25, 0.3) is 0 Å². The molecule has 1 aromatic rings. The van der Waals surface area contributed by atoms with Crippen LogP contribution < -0.4 is 5.32 Å². The number of hydrogen-bond donors (Lipinski definition) is 1. The molecule has 0 radical (unpaired) electrons. The molecule has 0 aromatic heterocycles. The molecule has 0 heterocycles. The molecule has 0 spiro atoms. The minimum Gasteiger partial charge on any atom is -0.338 e. The number of carbonyl (C=O) groups is 2. The zero-order valence-corrected chi connectivity index (χ0v) is 14.7. The molecule has 8 heteroatoms. The van der Waals surface area contributed by atoms with Crippen LogP contribution in [0.1, 0.15) is 39.7 Å². The van der Waals surface area contributed by atoms with Crippen LogP contribution in [0.3, 0.4) is 0 Å². The van der Waals surface area contributed by atoms with Crippen molar-refractivity contribution in [3.63, 3.8) is 0 Å². The minimum absolute atomic E-state index is 0.0733. The first-order chi connectivity index (χ1) is 10.8. The summed E-state index contributed by atoms with van der Waals surface area (Å²) in [6.45, 7) is 6.93. The highest BCUT2D eigenvalue weighted by Crippen LogP contribution is 2.36. The molecule has 4 nitrogen and oxygen atoms in total. The summed E-state index contributed by atoms with van der Waals surface area (Å²) in [7, 11) is 0. The SMILES string of the molecule is CC(=O)N(CCC(=O)Nc1ccc(Cl)cc1C(F)(F)F)C(C)(C)C. The zero-order chi connectivity index (χ0) is 18.7. The number of alkyl halides is 3. The van der Waals surface area contributed by atoms with Crippen LogP contribution in [-0.4, -0.2) is 28.8 Å². The van der Waals surface area contributed by atoms with Crippen molar-refractivity contribution in [1.29, 1.82) is 0 Å². The molecule has 0 atom stereocenters. The monoisotopic (exact) mass is 364 g/mol. The second kappa shape index (κ2) is 7.42. The number of amides is 2. The molecule has 0 saturated heterocycles. The lowest BCUT2D eigenvalue weighted by molar-refractivity contribution is -0.137. The molecule has 1 rings (SSSR count). The van der Waals surface area contributed by atoms with Crippen molar-refractivity contribution < 1.29 is 22.8 Å². The van der Waals surface area contributed by atoms with E-state index in [4.69, 9.17) is 11.6 Å². The lowest BCUT2D eigenvalue weighted by Gasteiger charge is -2.34. The maximum atomic E-state index is 13.0. The maximum Gasteiger partial charge on any atom is 0.418 e. The molecular formula is C16H20ClF3N2O2. The maximum absolute atomic E-state index is 13.0. The highest BCUT2D eigenvalue weighted by molar-refractivity contribution is 6.30. The molecule has 1 N–H and O–H groups in total. The summed E-state index contributed by atoms with van der Waals surface area (Å²) in [5.41, 5.74) is -1.85. The van der Waals surface area contributed by atoms with E-state index in [-0.39, 0.29) is 29.6 Å². The quantitative estimate of drug-likeness (QED) is 0.864. The molecule has 0 aliphatic heterocycles. The molecule has 0 bridgehead atoms. The Hall–Kier alpha value is -1.76. The lowest BCUT2D eigenvalue weighted by atomic mass is 10.1. The van der Waals surface area contributed by atoms with Gasteiger partial charge in [-0.3, -0.25) is 9.59 Å². The number of rotatable bonds is 4. The number of nitrogens with zero attached hydrogens (tertiary/aromatic N) is 1. The third-order valence-electron chi connectivity index (χ3n) is 3.31. The molecule has 2 amide bonds. The summed E-state index contributed by atoms with van der Waals surface area (Å²) >= 11 is 5.59. The Morgan fingerprint density at radius 1 is 1.21 bits per heavy atom. The van der Waals surface area contributed by atoms with Gasteiger partial charge in [-0.15, -0.1) is 0 Å². The third kappa shape index (κ3) is 5.70. The average Bonchev–Trinajstić information content (AvgIpc) is 2.37. The lowest BCUT2D eigenvalue weighted by Crippen LogP contribution is -2.45. The van der Waals surface area contributed by atoms with Crippen LogP contribution in [0.15, 0.2) is 18.2 Å². The van der Waals surface area contributed by atoms with E-state index in [9.17, 15) is 22.8 Å². The largest absolute Gasteiger partial charge is 0.418 e. The number of carbonyl (C=O) groups excluding carboxylic acids is 2. The van der Waals surface area contributed by atoms with Crippen LogP contribution in [-0.2, 0) is 15.8 Å². The Morgan fingerprint density at radius 2 is 1.79 bits per heavy atom. The zero-order valence-electron chi connectivity index (χ0n) is 13.9. The molecule has 0 fully saturated rings. The number of nitrogens with one attached hydrogen (secondary N) is 1. The van der Waals surface area contributed by atoms with E-state index in [1.165, 1.54) is 17.9 Å². The van der Waals surface area contributed by atoms with Gasteiger partial charge in [-0.05, 0) is 39.0 Å². The van der Waals surface area contributed by atoms with Gasteiger partial charge in [0.15, 0.2) is 0 Å². The van der Waals surface area contributed by atoms with Crippen molar-refractivity contribution >= 4 is 29.1 Å². The standard InChI is InChI=1S/C16H20ClF3N2O2/c1-10(23)22(15(2,3)4)8-7-14(24)21-13-6-5-11(17)9-12(13)16(18,19)20/h5-6,9H,7-8H2,1-4H3,(H,21,24). The highest BCUT2D eigenvalue weighted by Gasteiger charge is 2.34. The highest BCUT2D eigenvalue weighted by atomic mass is 35.5. The van der Waals surface area contributed by atoms with Gasteiger partial charge in [0.2, 0.25) is 11.8 Å². The van der Waals surface area contributed by atoms with Crippen molar-refractivity contribution in [2.75, 3.05) is 11.9 Å². The minimum atomic E-state index is -4.63. The van der Waals surface area contributed by atoms with E-state index >= 15 is 0 Å². The van der Waals surface area contributed by atoms with Crippen molar-refractivity contribution in [3.05, 3.63) is 28.8 Å². The van der Waals surface area contributed by atoms with Crippen molar-refractivity contribution in [2.45, 2.75) is 45.8 Å². The van der Waals surface area contributed by atoms with Crippen LogP contribution in [0.5, 0.6) is 0 Å². The first-order valence-corrected chi connectivity index (χ1v) is 7.65. The van der Waals surface area contributed by atoms with Crippen molar-refractivity contribution in [2.24, 2.45) is 0 Å². The van der Waals surface area contributed by atoms with Crippen LogP contribution >= 0.6 is 11.6 Å². The van der Waals surface area contributed by atoms with E-state index in [0.29, 0.717) is 0 Å². The Morgan fingerprint density at radius 3 is 2.25 bits per heavy atom. The van der Waals surface area contributed by atoms with E-state index in [1.807, 2.05) is 20.8 Å². The fourth-order valence-corrected chi connectivity index (χ4v) is 2.42. The Balaban J connectivity index is 2.85. The summed E-state index contributed by atoms with van der Waals surface area (Å²) in [5.74, 6) is -0.823. The number of halogens is 4. The van der Waals surface area contributed by atoms with E-state index in [1.54, 1.807) is 0 Å². The molecule has 0 aliphatic rings. The van der Waals surface area contributed by atoms with Gasteiger partial charge in [-0.2, -0.15) is 13.2 Å². The summed E-state index contributed by atoms with van der Waals surface area (Å²) in [6.07, 6.45) is -4.75. The van der Waals surface area contributed by atoms with E-state index in [0.717, 1.165) is 12.1 Å². The van der Waals surface area contributed by atoms with Gasteiger partial charge in [0.05, 0.1) is 11.3 Å². The van der Waals surface area contributed by atoms with Gasteiger partial charge in [0.1, 0.15) is 0 Å². The fourth-order valence-electron chi connectivity index (χ4n) is 2.25. The van der Waals surface area contributed by atoms with Gasteiger partial charge < -0.3 is 10.2 Å². The smallest absolute Gasteiger partial charge is 0.338 e. The average molecular weight is 365 g/mol. The van der Waals surface area contributed by atoms with Crippen LogP contribution in [0.2, 0.25) is 5.02 Å². The van der Waals surface area contributed by atoms with Crippen LogP contribution in [0, 0.1) is 0 Å². The number of hydrogen-bond acceptors (Lipinski definition) is 2. The van der Waals surface area contributed by atoms with Gasteiger partial charge in [-0.1, -0.05) is 11.6 Å². The first kappa shape index (κ1) is 20.3. The fraction of sp³-hybridized carbons (Fsp3) is 0.500. The molecular weight excluding hydrogens is 345 g/mol. The molecule has 0 unspecified atom stereocenters. The second-order valence-corrected chi connectivity index (χ2v) is 6.76. The Kier molecular flexibility index (Phi) is 6.27. The van der Waals surface area contributed by atoms with Gasteiger partial charge >= 0.3 is 6.18 Å². The number of anilines is 1. The predicted molar refractivity (Wildman–Crippen MR) is 86.8 cm³/mol. The van der Waals surface area contributed by atoms with E-state index in [2.05, 4.69) is 5.32 Å². The number of benzene rings is 1.